The number of fused-ring (bicyclic) bond motifs is 1. The van der Waals surface area contributed by atoms with Crippen molar-refractivity contribution in [3.8, 4) is 11.4 Å². The third-order valence-corrected chi connectivity index (χ3v) is 5.96. The van der Waals surface area contributed by atoms with Crippen molar-refractivity contribution >= 4 is 34.3 Å². The summed E-state index contributed by atoms with van der Waals surface area (Å²) in [5.74, 6) is 0.0698. The molecule has 2 amide bonds. The first-order valence-corrected chi connectivity index (χ1v) is 11.1. The largest absolute Gasteiger partial charge is 0.388 e. The van der Waals surface area contributed by atoms with Crippen LogP contribution in [0.4, 0.5) is 0 Å². The molecule has 0 bridgehead atoms. The highest BCUT2D eigenvalue weighted by Gasteiger charge is 2.21. The Hall–Kier alpha value is -3.69. The van der Waals surface area contributed by atoms with Crippen LogP contribution in [0.1, 0.15) is 44.8 Å². The first-order chi connectivity index (χ1) is 16.3. The number of nitrogens with one attached hydrogen (secondary N) is 3. The number of hydrogen-bond acceptors (Lipinski definition) is 5. The number of rotatable bonds is 7. The molecule has 176 valence electrons. The zero-order chi connectivity index (χ0) is 24.4. The lowest BCUT2D eigenvalue weighted by Crippen LogP contribution is -2.28. The van der Waals surface area contributed by atoms with Crippen LogP contribution in [0.15, 0.2) is 42.5 Å². The van der Waals surface area contributed by atoms with Crippen LogP contribution in [0, 0.1) is 6.92 Å². The predicted octanol–water partition coefficient (Wildman–Crippen LogP) is 3.14. The van der Waals surface area contributed by atoms with Gasteiger partial charge in [-0.1, -0.05) is 29.8 Å². The van der Waals surface area contributed by atoms with Gasteiger partial charge in [0.05, 0.1) is 17.3 Å². The average Bonchev–Trinajstić information content (AvgIpc) is 3.38. The first-order valence-electron chi connectivity index (χ1n) is 10.8. The van der Waals surface area contributed by atoms with E-state index in [1.165, 1.54) is 0 Å². The minimum absolute atomic E-state index is 0.271. The maximum absolute atomic E-state index is 12.9. The van der Waals surface area contributed by atoms with E-state index < -0.39 is 6.10 Å². The molecule has 10 heteroatoms. The molecule has 4 rings (SSSR count). The van der Waals surface area contributed by atoms with Gasteiger partial charge in [0, 0.05) is 36.6 Å². The summed E-state index contributed by atoms with van der Waals surface area (Å²) in [6.45, 7) is 2.07. The normalized spacial score (nSPS) is 12.0. The molecule has 0 saturated heterocycles. The van der Waals surface area contributed by atoms with Gasteiger partial charge in [0.15, 0.2) is 5.69 Å². The van der Waals surface area contributed by atoms with E-state index in [0.29, 0.717) is 51.8 Å². The summed E-state index contributed by atoms with van der Waals surface area (Å²) in [6, 6.07) is 12.5. The molecule has 4 aromatic rings. The topological polar surface area (TPSA) is 125 Å². The fraction of sp³-hybridized carbons (Fsp3) is 0.250. The molecule has 0 aliphatic heterocycles. The Bertz CT molecular complexity index is 1360. The molecule has 2 aromatic carbocycles. The Kier molecular flexibility index (Phi) is 6.67. The minimum Gasteiger partial charge on any atom is -0.388 e. The number of aliphatic hydroxyl groups excluding tert-OH is 1. The lowest BCUT2D eigenvalue weighted by Gasteiger charge is -2.12. The molecule has 0 aliphatic rings. The van der Waals surface area contributed by atoms with E-state index in [0.717, 1.165) is 11.1 Å². The van der Waals surface area contributed by atoms with Crippen LogP contribution in [0.5, 0.6) is 0 Å². The highest BCUT2D eigenvalue weighted by molar-refractivity contribution is 6.30. The predicted molar refractivity (Wildman–Crippen MR) is 130 cm³/mol. The molecule has 4 N–H and O–H groups in total. The van der Waals surface area contributed by atoms with Crippen LogP contribution in [0.25, 0.3) is 22.3 Å². The lowest BCUT2D eigenvalue weighted by molar-refractivity contribution is 0.0931. The van der Waals surface area contributed by atoms with E-state index in [2.05, 4.69) is 25.8 Å². The number of carbonyl (C=O) groups is 2. The van der Waals surface area contributed by atoms with Crippen LogP contribution in [-0.4, -0.2) is 50.3 Å². The second-order valence-electron chi connectivity index (χ2n) is 7.95. The average molecular weight is 481 g/mol. The monoisotopic (exact) mass is 480 g/mol. The molecule has 0 fully saturated rings. The molecule has 0 radical (unpaired) electrons. The number of aliphatic hydroxyl groups is 1. The minimum atomic E-state index is -0.707. The number of H-pyrrole nitrogens is 1. The Balaban J connectivity index is 1.49. The second-order valence-corrected chi connectivity index (χ2v) is 8.39. The Morgan fingerprint density at radius 3 is 2.62 bits per heavy atom. The first kappa shape index (κ1) is 23.5. The maximum atomic E-state index is 12.9. The molecule has 0 aliphatic carbocycles. The third-order valence-electron chi connectivity index (χ3n) is 5.71. The number of benzene rings is 2. The fourth-order valence-corrected chi connectivity index (χ4v) is 4.04. The number of aromatic nitrogens is 4. The van der Waals surface area contributed by atoms with Gasteiger partial charge < -0.3 is 20.3 Å². The summed E-state index contributed by atoms with van der Waals surface area (Å²) in [5, 5.41) is 24.1. The number of imidazole rings is 1. The lowest BCUT2D eigenvalue weighted by atomic mass is 10.1. The van der Waals surface area contributed by atoms with E-state index in [1.54, 1.807) is 55.9 Å². The molecular weight excluding hydrogens is 456 g/mol. The zero-order valence-electron chi connectivity index (χ0n) is 19.0. The van der Waals surface area contributed by atoms with Crippen LogP contribution >= 0.6 is 11.6 Å². The van der Waals surface area contributed by atoms with Crippen LogP contribution in [-0.2, 0) is 7.05 Å². The van der Waals surface area contributed by atoms with Crippen molar-refractivity contribution in [1.29, 1.82) is 0 Å². The summed E-state index contributed by atoms with van der Waals surface area (Å²) in [7, 11) is 3.33. The van der Waals surface area contributed by atoms with Gasteiger partial charge >= 0.3 is 0 Å². The van der Waals surface area contributed by atoms with E-state index in [4.69, 9.17) is 11.6 Å². The van der Waals surface area contributed by atoms with Crippen LogP contribution in [0.3, 0.4) is 0 Å². The van der Waals surface area contributed by atoms with Crippen molar-refractivity contribution in [3.63, 3.8) is 0 Å². The molecule has 0 spiro atoms. The number of halogens is 1. The second kappa shape index (κ2) is 9.66. The summed E-state index contributed by atoms with van der Waals surface area (Å²) in [5.41, 5.74) is 3.56. The van der Waals surface area contributed by atoms with E-state index in [9.17, 15) is 14.7 Å². The maximum Gasteiger partial charge on any atom is 0.272 e. The standard InChI is InChI=1S/C24H25ClN6O3/c1-13-21(24(34)27-11-10-19(32)14-4-7-16(25)8-5-14)31(3)22(28-13)15-6-9-17-18(12-15)29-30-20(17)23(33)26-2/h4-9,12,19,32H,10-11H2,1-3H3,(H,26,33)(H,27,34)(H,29,30)/t19-/m1/s1. The van der Waals surface area contributed by atoms with Gasteiger partial charge in [-0.15, -0.1) is 0 Å². The number of hydrogen-bond donors (Lipinski definition) is 4. The van der Waals surface area contributed by atoms with Gasteiger partial charge in [-0.25, -0.2) is 4.98 Å². The Morgan fingerprint density at radius 2 is 1.91 bits per heavy atom. The number of aromatic amines is 1. The molecule has 2 heterocycles. The quantitative estimate of drug-likeness (QED) is 0.323. The van der Waals surface area contributed by atoms with E-state index >= 15 is 0 Å². The zero-order valence-corrected chi connectivity index (χ0v) is 19.8. The van der Waals surface area contributed by atoms with E-state index in [1.807, 2.05) is 12.1 Å². The van der Waals surface area contributed by atoms with Crippen molar-refractivity contribution in [2.45, 2.75) is 19.4 Å². The SMILES string of the molecule is CNC(=O)c1n[nH]c2cc(-c3nc(C)c(C(=O)NCC[C@@H](O)c4ccc(Cl)cc4)n3C)ccc12. The van der Waals surface area contributed by atoms with Crippen molar-refractivity contribution in [1.82, 2.24) is 30.4 Å². The van der Waals surface area contributed by atoms with Gasteiger partial charge in [0.2, 0.25) is 0 Å². The molecular formula is C24H25ClN6O3. The molecule has 1 atom stereocenters. The van der Waals surface area contributed by atoms with Gasteiger partial charge in [-0.05, 0) is 43.2 Å². The smallest absolute Gasteiger partial charge is 0.272 e. The van der Waals surface area contributed by atoms with Gasteiger partial charge in [-0.3, -0.25) is 14.7 Å². The van der Waals surface area contributed by atoms with Crippen LogP contribution < -0.4 is 10.6 Å². The summed E-state index contributed by atoms with van der Waals surface area (Å²) in [4.78, 5) is 29.4. The number of amides is 2. The summed E-state index contributed by atoms with van der Waals surface area (Å²) < 4.78 is 1.73. The summed E-state index contributed by atoms with van der Waals surface area (Å²) in [6.07, 6.45) is -0.344. The van der Waals surface area contributed by atoms with Crippen molar-refractivity contribution in [3.05, 3.63) is 70.1 Å². The molecule has 0 saturated carbocycles. The molecule has 34 heavy (non-hydrogen) atoms. The van der Waals surface area contributed by atoms with Crippen molar-refractivity contribution < 1.29 is 14.7 Å². The highest BCUT2D eigenvalue weighted by Crippen LogP contribution is 2.26. The van der Waals surface area contributed by atoms with Gasteiger partial charge in [0.25, 0.3) is 11.8 Å². The van der Waals surface area contributed by atoms with Gasteiger partial charge in [0.1, 0.15) is 11.5 Å². The Labute approximate surface area is 201 Å². The van der Waals surface area contributed by atoms with Crippen molar-refractivity contribution in [2.24, 2.45) is 7.05 Å². The third kappa shape index (κ3) is 4.52. The molecule has 0 unspecified atom stereocenters. The highest BCUT2D eigenvalue weighted by atomic mass is 35.5. The molecule has 9 nitrogen and oxygen atoms in total. The number of carbonyl (C=O) groups excluding carboxylic acids is 2. The van der Waals surface area contributed by atoms with E-state index in [-0.39, 0.29) is 11.8 Å². The number of nitrogens with zero attached hydrogens (tertiary/aromatic N) is 3. The summed E-state index contributed by atoms with van der Waals surface area (Å²) >= 11 is 5.89. The van der Waals surface area contributed by atoms with Crippen molar-refractivity contribution in [2.75, 3.05) is 13.6 Å². The number of aryl methyl sites for hydroxylation is 1. The Morgan fingerprint density at radius 1 is 1.18 bits per heavy atom. The van der Waals surface area contributed by atoms with Crippen LogP contribution in [0.2, 0.25) is 5.02 Å². The molecule has 2 aromatic heterocycles. The van der Waals surface area contributed by atoms with Gasteiger partial charge in [-0.2, -0.15) is 5.10 Å². The fourth-order valence-electron chi connectivity index (χ4n) is 3.92.